The maximum Gasteiger partial charge on any atom is 0.252 e. The van der Waals surface area contributed by atoms with Crippen molar-refractivity contribution in [1.82, 2.24) is 5.32 Å². The summed E-state index contributed by atoms with van der Waals surface area (Å²) < 4.78 is 0. The smallest absolute Gasteiger partial charge is 0.252 e. The Balaban J connectivity index is 1.68. The van der Waals surface area contributed by atoms with E-state index in [2.05, 4.69) is 11.4 Å². The van der Waals surface area contributed by atoms with Crippen molar-refractivity contribution in [2.24, 2.45) is 0 Å². The van der Waals surface area contributed by atoms with E-state index in [-0.39, 0.29) is 5.91 Å². The molecule has 2 N–H and O–H groups in total. The van der Waals surface area contributed by atoms with Gasteiger partial charge in [-0.25, -0.2) is 0 Å². The molecule has 0 bridgehead atoms. The fourth-order valence-electron chi connectivity index (χ4n) is 2.92. The van der Waals surface area contributed by atoms with Gasteiger partial charge in [-0.15, -0.1) is 11.3 Å². The molecule has 1 aliphatic carbocycles. The Morgan fingerprint density at radius 2 is 2.09 bits per heavy atom. The third-order valence-corrected chi connectivity index (χ3v) is 5.27. The first-order chi connectivity index (χ1) is 11.1. The van der Waals surface area contributed by atoms with Gasteiger partial charge in [-0.05, 0) is 55.0 Å². The SMILES string of the molecule is N#Cc1ccc(-c2cccc(CNC(=O)C3(O)CCCC3)c2)s1. The van der Waals surface area contributed by atoms with Crippen LogP contribution in [0.2, 0.25) is 0 Å². The summed E-state index contributed by atoms with van der Waals surface area (Å²) in [5.41, 5.74) is 0.819. The minimum Gasteiger partial charge on any atom is -0.380 e. The van der Waals surface area contributed by atoms with Crippen LogP contribution in [0, 0.1) is 11.3 Å². The molecule has 0 saturated heterocycles. The number of rotatable bonds is 4. The molecular weight excluding hydrogens is 308 g/mol. The van der Waals surface area contributed by atoms with E-state index in [1.54, 1.807) is 0 Å². The van der Waals surface area contributed by atoms with Gasteiger partial charge < -0.3 is 10.4 Å². The van der Waals surface area contributed by atoms with Crippen LogP contribution in [-0.4, -0.2) is 16.6 Å². The molecule has 0 spiro atoms. The molecule has 1 amide bonds. The summed E-state index contributed by atoms with van der Waals surface area (Å²) in [4.78, 5) is 13.9. The Bertz CT molecular complexity index is 754. The number of benzene rings is 1. The number of carbonyl (C=O) groups is 1. The summed E-state index contributed by atoms with van der Waals surface area (Å²) in [5.74, 6) is -0.275. The second-order valence-electron chi connectivity index (χ2n) is 5.90. The lowest BCUT2D eigenvalue weighted by Gasteiger charge is -2.21. The van der Waals surface area contributed by atoms with Crippen LogP contribution in [0.4, 0.5) is 0 Å². The highest BCUT2D eigenvalue weighted by Crippen LogP contribution is 2.30. The van der Waals surface area contributed by atoms with Crippen LogP contribution >= 0.6 is 11.3 Å². The lowest BCUT2D eigenvalue weighted by atomic mass is 10.0. The summed E-state index contributed by atoms with van der Waals surface area (Å²) in [6.45, 7) is 0.394. The van der Waals surface area contributed by atoms with Crippen molar-refractivity contribution >= 4 is 17.2 Å². The molecule has 0 atom stereocenters. The maximum atomic E-state index is 12.1. The molecule has 2 aromatic rings. The summed E-state index contributed by atoms with van der Waals surface area (Å²) in [5, 5.41) is 22.0. The number of nitrogens with zero attached hydrogens (tertiary/aromatic N) is 1. The van der Waals surface area contributed by atoms with E-state index in [1.807, 2.05) is 36.4 Å². The summed E-state index contributed by atoms with van der Waals surface area (Å²) in [6, 6.07) is 13.8. The lowest BCUT2D eigenvalue weighted by Crippen LogP contribution is -2.44. The molecule has 1 saturated carbocycles. The van der Waals surface area contributed by atoms with E-state index in [0.717, 1.165) is 28.8 Å². The van der Waals surface area contributed by atoms with Crippen molar-refractivity contribution in [3.8, 4) is 16.5 Å². The Kier molecular flexibility index (Phi) is 4.46. The van der Waals surface area contributed by atoms with E-state index < -0.39 is 5.60 Å². The van der Waals surface area contributed by atoms with Gasteiger partial charge in [0.05, 0.1) is 0 Å². The summed E-state index contributed by atoms with van der Waals surface area (Å²) in [7, 11) is 0. The normalized spacial score (nSPS) is 16.0. The average Bonchev–Trinajstić information content (AvgIpc) is 3.22. The number of carbonyl (C=O) groups excluding carboxylic acids is 1. The highest BCUT2D eigenvalue weighted by molar-refractivity contribution is 7.16. The monoisotopic (exact) mass is 326 g/mol. The van der Waals surface area contributed by atoms with Gasteiger partial charge >= 0.3 is 0 Å². The first-order valence-corrected chi connectivity index (χ1v) is 8.52. The number of amides is 1. The minimum absolute atomic E-state index is 0.275. The summed E-state index contributed by atoms with van der Waals surface area (Å²) >= 11 is 1.45. The lowest BCUT2D eigenvalue weighted by molar-refractivity contribution is -0.139. The second kappa shape index (κ2) is 6.53. The molecule has 0 radical (unpaired) electrons. The van der Waals surface area contributed by atoms with Gasteiger partial charge in [0.1, 0.15) is 16.5 Å². The largest absolute Gasteiger partial charge is 0.380 e. The Morgan fingerprint density at radius 3 is 2.78 bits per heavy atom. The van der Waals surface area contributed by atoms with Crippen LogP contribution in [-0.2, 0) is 11.3 Å². The predicted molar refractivity (Wildman–Crippen MR) is 89.7 cm³/mol. The third kappa shape index (κ3) is 3.44. The van der Waals surface area contributed by atoms with Crippen molar-refractivity contribution in [2.75, 3.05) is 0 Å². The number of aliphatic hydroxyl groups is 1. The minimum atomic E-state index is -1.19. The first-order valence-electron chi connectivity index (χ1n) is 7.71. The van der Waals surface area contributed by atoms with Gasteiger partial charge in [-0.1, -0.05) is 18.2 Å². The quantitative estimate of drug-likeness (QED) is 0.906. The van der Waals surface area contributed by atoms with Crippen LogP contribution in [0.5, 0.6) is 0 Å². The number of nitrogens with one attached hydrogen (secondary N) is 1. The van der Waals surface area contributed by atoms with E-state index in [4.69, 9.17) is 5.26 Å². The number of thiophene rings is 1. The molecule has 23 heavy (non-hydrogen) atoms. The van der Waals surface area contributed by atoms with E-state index >= 15 is 0 Å². The Morgan fingerprint density at radius 1 is 1.30 bits per heavy atom. The maximum absolute atomic E-state index is 12.1. The fourth-order valence-corrected chi connectivity index (χ4v) is 3.72. The van der Waals surface area contributed by atoms with Gasteiger partial charge in [-0.2, -0.15) is 5.26 Å². The predicted octanol–water partition coefficient (Wildman–Crippen LogP) is 3.21. The number of hydrogen-bond acceptors (Lipinski definition) is 4. The van der Waals surface area contributed by atoms with Crippen LogP contribution in [0.15, 0.2) is 36.4 Å². The highest BCUT2D eigenvalue weighted by Gasteiger charge is 2.38. The molecule has 4 nitrogen and oxygen atoms in total. The van der Waals surface area contributed by atoms with Gasteiger partial charge in [0.15, 0.2) is 0 Å². The standard InChI is InChI=1S/C18H18N2O2S/c19-11-15-6-7-16(23-15)14-5-3-4-13(10-14)12-20-17(21)18(22)8-1-2-9-18/h3-7,10,22H,1-2,8-9,12H2,(H,20,21). The molecule has 1 aromatic heterocycles. The molecule has 0 unspecified atom stereocenters. The van der Waals surface area contributed by atoms with E-state index in [0.29, 0.717) is 24.3 Å². The number of nitriles is 1. The third-order valence-electron chi connectivity index (χ3n) is 4.23. The zero-order valence-electron chi connectivity index (χ0n) is 12.7. The molecule has 1 heterocycles. The fraction of sp³-hybridized carbons (Fsp3) is 0.333. The molecule has 1 aromatic carbocycles. The zero-order chi connectivity index (χ0) is 16.3. The molecular formula is C18H18N2O2S. The first kappa shape index (κ1) is 15.7. The van der Waals surface area contributed by atoms with Gasteiger partial charge in [0, 0.05) is 11.4 Å². The van der Waals surface area contributed by atoms with Crippen molar-refractivity contribution in [2.45, 2.75) is 37.8 Å². The van der Waals surface area contributed by atoms with Gasteiger partial charge in [0.25, 0.3) is 5.91 Å². The van der Waals surface area contributed by atoms with Crippen LogP contribution in [0.3, 0.4) is 0 Å². The second-order valence-corrected chi connectivity index (χ2v) is 6.98. The number of hydrogen-bond donors (Lipinski definition) is 2. The molecule has 0 aliphatic heterocycles. The molecule has 1 aliphatic rings. The van der Waals surface area contributed by atoms with E-state index in [9.17, 15) is 9.90 Å². The highest BCUT2D eigenvalue weighted by atomic mass is 32.1. The molecule has 118 valence electrons. The van der Waals surface area contributed by atoms with Crippen LogP contribution in [0.25, 0.3) is 10.4 Å². The van der Waals surface area contributed by atoms with Gasteiger partial charge in [-0.3, -0.25) is 4.79 Å². The Labute approximate surface area is 139 Å². The van der Waals surface area contributed by atoms with Crippen molar-refractivity contribution in [3.63, 3.8) is 0 Å². The Hall–Kier alpha value is -2.16. The van der Waals surface area contributed by atoms with E-state index in [1.165, 1.54) is 11.3 Å². The topological polar surface area (TPSA) is 73.1 Å². The molecule has 1 fully saturated rings. The van der Waals surface area contributed by atoms with Crippen LogP contribution < -0.4 is 5.32 Å². The molecule has 5 heteroatoms. The van der Waals surface area contributed by atoms with Gasteiger partial charge in [0.2, 0.25) is 0 Å². The zero-order valence-corrected chi connectivity index (χ0v) is 13.5. The van der Waals surface area contributed by atoms with Crippen molar-refractivity contribution in [3.05, 3.63) is 46.8 Å². The van der Waals surface area contributed by atoms with Crippen LogP contribution in [0.1, 0.15) is 36.1 Å². The summed E-state index contributed by atoms with van der Waals surface area (Å²) in [6.07, 6.45) is 2.90. The average molecular weight is 326 g/mol. The van der Waals surface area contributed by atoms with Crippen molar-refractivity contribution < 1.29 is 9.90 Å². The van der Waals surface area contributed by atoms with Crippen molar-refractivity contribution in [1.29, 1.82) is 5.26 Å². The molecule has 3 rings (SSSR count).